The van der Waals surface area contributed by atoms with Crippen LogP contribution in [0.15, 0.2) is 42.5 Å². The second-order valence-electron chi connectivity index (χ2n) is 4.30. The van der Waals surface area contributed by atoms with Gasteiger partial charge in [0, 0.05) is 5.56 Å². The number of ether oxygens (including phenoxy) is 1. The molecular weight excluding hydrogens is 243 g/mol. The lowest BCUT2D eigenvalue weighted by atomic mass is 10.1. The Morgan fingerprint density at radius 2 is 2.05 bits per heavy atom. The van der Waals surface area contributed by atoms with Crippen molar-refractivity contribution in [3.05, 3.63) is 65.0 Å². The van der Waals surface area contributed by atoms with E-state index in [0.717, 1.165) is 11.1 Å². The smallest absolute Gasteiger partial charge is 0.123 e. The lowest BCUT2D eigenvalue weighted by Gasteiger charge is -2.09. The summed E-state index contributed by atoms with van der Waals surface area (Å²) in [6, 6.07) is 11.6. The minimum absolute atomic E-state index is 0.00705. The Bertz CT molecular complexity index is 611. The lowest BCUT2D eigenvalue weighted by Crippen LogP contribution is -2.10. The average Bonchev–Trinajstić information content (AvgIpc) is 2.40. The number of amidine groups is 1. The number of hydrogen-bond donors (Lipinski definition) is 2. The van der Waals surface area contributed by atoms with Crippen LogP contribution in [0, 0.1) is 18.2 Å². The van der Waals surface area contributed by atoms with Gasteiger partial charge in [-0.05, 0) is 42.3 Å². The molecule has 98 valence electrons. The number of nitrogen functional groups attached to an aromatic ring is 1. The van der Waals surface area contributed by atoms with Crippen LogP contribution in [0.5, 0.6) is 5.75 Å². The van der Waals surface area contributed by atoms with Crippen LogP contribution >= 0.6 is 0 Å². The van der Waals surface area contributed by atoms with Crippen LogP contribution in [0.2, 0.25) is 0 Å². The molecule has 0 spiro atoms. The first kappa shape index (κ1) is 13.1. The van der Waals surface area contributed by atoms with E-state index in [2.05, 4.69) is 0 Å². The van der Waals surface area contributed by atoms with Gasteiger partial charge in [-0.2, -0.15) is 0 Å². The third kappa shape index (κ3) is 3.31. The minimum Gasteiger partial charge on any atom is -0.489 e. The predicted molar refractivity (Wildman–Crippen MR) is 72.9 cm³/mol. The van der Waals surface area contributed by atoms with Gasteiger partial charge in [0.15, 0.2) is 0 Å². The monoisotopic (exact) mass is 258 g/mol. The molecule has 0 heterocycles. The fourth-order valence-corrected chi connectivity index (χ4v) is 1.71. The van der Waals surface area contributed by atoms with Crippen molar-refractivity contribution >= 4 is 5.84 Å². The van der Waals surface area contributed by atoms with Crippen LogP contribution in [0.4, 0.5) is 4.39 Å². The van der Waals surface area contributed by atoms with Crippen molar-refractivity contribution in [3.8, 4) is 5.75 Å². The van der Waals surface area contributed by atoms with Gasteiger partial charge < -0.3 is 10.5 Å². The highest BCUT2D eigenvalue weighted by Crippen LogP contribution is 2.17. The number of nitrogens with one attached hydrogen (secondary N) is 1. The molecule has 19 heavy (non-hydrogen) atoms. The van der Waals surface area contributed by atoms with E-state index in [1.807, 2.05) is 6.92 Å². The molecule has 0 unspecified atom stereocenters. The molecule has 0 atom stereocenters. The molecule has 0 fully saturated rings. The highest BCUT2D eigenvalue weighted by Gasteiger charge is 2.03. The number of rotatable bonds is 4. The van der Waals surface area contributed by atoms with Gasteiger partial charge in [0.2, 0.25) is 0 Å². The molecule has 0 aliphatic rings. The number of hydrogen-bond acceptors (Lipinski definition) is 2. The average molecular weight is 258 g/mol. The van der Waals surface area contributed by atoms with E-state index in [1.54, 1.807) is 30.3 Å². The van der Waals surface area contributed by atoms with E-state index in [0.29, 0.717) is 11.3 Å². The first-order valence-corrected chi connectivity index (χ1v) is 5.88. The first-order chi connectivity index (χ1) is 9.06. The maximum absolute atomic E-state index is 13.1. The van der Waals surface area contributed by atoms with Crippen molar-refractivity contribution in [2.45, 2.75) is 13.5 Å². The van der Waals surface area contributed by atoms with Crippen molar-refractivity contribution in [1.29, 1.82) is 5.41 Å². The van der Waals surface area contributed by atoms with Crippen LogP contribution in [-0.4, -0.2) is 5.84 Å². The summed E-state index contributed by atoms with van der Waals surface area (Å²) in [4.78, 5) is 0. The number of aryl methyl sites for hydroxylation is 1. The molecular formula is C15H15FN2O. The summed E-state index contributed by atoms with van der Waals surface area (Å²) in [5.74, 6) is 0.324. The quantitative estimate of drug-likeness (QED) is 0.654. The Morgan fingerprint density at radius 3 is 2.79 bits per heavy atom. The fourth-order valence-electron chi connectivity index (χ4n) is 1.71. The maximum Gasteiger partial charge on any atom is 0.123 e. The van der Waals surface area contributed by atoms with Gasteiger partial charge in [-0.3, -0.25) is 5.41 Å². The summed E-state index contributed by atoms with van der Waals surface area (Å²) in [6.07, 6.45) is 0. The molecule has 0 radical (unpaired) electrons. The topological polar surface area (TPSA) is 59.1 Å². The standard InChI is InChI=1S/C15H15FN2O/c1-10-5-6-13(16)7-12(10)9-19-14-4-2-3-11(8-14)15(17)18/h2-8H,9H2,1H3,(H3,17,18). The van der Waals surface area contributed by atoms with Crippen LogP contribution in [0.25, 0.3) is 0 Å². The van der Waals surface area contributed by atoms with Gasteiger partial charge in [0.1, 0.15) is 24.0 Å². The van der Waals surface area contributed by atoms with Crippen LogP contribution in [-0.2, 0) is 6.61 Å². The van der Waals surface area contributed by atoms with Gasteiger partial charge in [0.25, 0.3) is 0 Å². The van der Waals surface area contributed by atoms with E-state index in [4.69, 9.17) is 15.9 Å². The Hall–Kier alpha value is -2.36. The molecule has 4 heteroatoms. The largest absolute Gasteiger partial charge is 0.489 e. The van der Waals surface area contributed by atoms with Crippen LogP contribution < -0.4 is 10.5 Å². The molecule has 0 saturated heterocycles. The second-order valence-corrected chi connectivity index (χ2v) is 4.30. The van der Waals surface area contributed by atoms with Gasteiger partial charge in [0.05, 0.1) is 0 Å². The minimum atomic E-state index is -0.276. The van der Waals surface area contributed by atoms with E-state index in [-0.39, 0.29) is 18.3 Å². The zero-order valence-electron chi connectivity index (χ0n) is 10.6. The molecule has 2 aromatic carbocycles. The normalized spacial score (nSPS) is 10.2. The molecule has 0 aromatic heterocycles. The molecule has 2 rings (SSSR count). The summed E-state index contributed by atoms with van der Waals surface area (Å²) in [5.41, 5.74) is 7.79. The van der Waals surface area contributed by atoms with Crippen molar-refractivity contribution in [3.63, 3.8) is 0 Å². The van der Waals surface area contributed by atoms with Crippen LogP contribution in [0.1, 0.15) is 16.7 Å². The number of halogens is 1. The molecule has 0 bridgehead atoms. The molecule has 2 aromatic rings. The Labute approximate surface area is 111 Å². The van der Waals surface area contributed by atoms with Crippen molar-refractivity contribution < 1.29 is 9.13 Å². The van der Waals surface area contributed by atoms with Gasteiger partial charge in [-0.15, -0.1) is 0 Å². The summed E-state index contributed by atoms with van der Waals surface area (Å²) in [6.45, 7) is 2.19. The highest BCUT2D eigenvalue weighted by molar-refractivity contribution is 5.95. The van der Waals surface area contributed by atoms with Crippen molar-refractivity contribution in [1.82, 2.24) is 0 Å². The van der Waals surface area contributed by atoms with Gasteiger partial charge >= 0.3 is 0 Å². The summed E-state index contributed by atoms with van der Waals surface area (Å²) >= 11 is 0. The number of nitrogens with two attached hydrogens (primary N) is 1. The zero-order chi connectivity index (χ0) is 13.8. The van der Waals surface area contributed by atoms with E-state index < -0.39 is 0 Å². The zero-order valence-corrected chi connectivity index (χ0v) is 10.6. The molecule has 0 aliphatic carbocycles. The Morgan fingerprint density at radius 1 is 1.26 bits per heavy atom. The van der Waals surface area contributed by atoms with Gasteiger partial charge in [-0.1, -0.05) is 18.2 Å². The molecule has 0 aliphatic heterocycles. The van der Waals surface area contributed by atoms with Gasteiger partial charge in [-0.25, -0.2) is 4.39 Å². The summed E-state index contributed by atoms with van der Waals surface area (Å²) in [5, 5.41) is 7.36. The third-order valence-electron chi connectivity index (χ3n) is 2.85. The SMILES string of the molecule is Cc1ccc(F)cc1COc1cccc(C(=N)N)c1. The van der Waals surface area contributed by atoms with E-state index >= 15 is 0 Å². The maximum atomic E-state index is 13.1. The highest BCUT2D eigenvalue weighted by atomic mass is 19.1. The van der Waals surface area contributed by atoms with E-state index in [9.17, 15) is 4.39 Å². The predicted octanol–water partition coefficient (Wildman–Crippen LogP) is 3.00. The Balaban J connectivity index is 2.12. The summed E-state index contributed by atoms with van der Waals surface area (Å²) < 4.78 is 18.7. The molecule has 0 saturated carbocycles. The first-order valence-electron chi connectivity index (χ1n) is 5.88. The van der Waals surface area contributed by atoms with Crippen LogP contribution in [0.3, 0.4) is 0 Å². The van der Waals surface area contributed by atoms with Crippen molar-refractivity contribution in [2.75, 3.05) is 0 Å². The molecule has 0 amide bonds. The number of benzene rings is 2. The third-order valence-corrected chi connectivity index (χ3v) is 2.85. The molecule has 3 N–H and O–H groups in total. The van der Waals surface area contributed by atoms with E-state index in [1.165, 1.54) is 12.1 Å². The second kappa shape index (κ2) is 5.52. The molecule has 3 nitrogen and oxygen atoms in total. The van der Waals surface area contributed by atoms with Crippen molar-refractivity contribution in [2.24, 2.45) is 5.73 Å². The summed E-state index contributed by atoms with van der Waals surface area (Å²) in [7, 11) is 0. The Kier molecular flexibility index (Phi) is 3.80. The fraction of sp³-hybridized carbons (Fsp3) is 0.133. The lowest BCUT2D eigenvalue weighted by molar-refractivity contribution is 0.304.